The highest BCUT2D eigenvalue weighted by Crippen LogP contribution is 2.36. The van der Waals surface area contributed by atoms with Gasteiger partial charge >= 0.3 is 0 Å². The number of carbonyl (C=O) groups excluding carboxylic acids is 1. The van der Waals surface area contributed by atoms with Crippen molar-refractivity contribution in [3.63, 3.8) is 0 Å². The first kappa shape index (κ1) is 18.9. The number of hydrogen-bond acceptors (Lipinski definition) is 4. The van der Waals surface area contributed by atoms with Gasteiger partial charge in [-0.2, -0.15) is 0 Å². The molecule has 32 heavy (non-hydrogen) atoms. The van der Waals surface area contributed by atoms with Gasteiger partial charge in [0, 0.05) is 49.2 Å². The average molecular weight is 422 g/mol. The zero-order chi connectivity index (χ0) is 21.7. The fourth-order valence-electron chi connectivity index (χ4n) is 5.26. The molecule has 1 fully saturated rings. The predicted octanol–water partition coefficient (Wildman–Crippen LogP) is 3.72. The first-order chi connectivity index (χ1) is 15.7. The summed E-state index contributed by atoms with van der Waals surface area (Å²) in [5.74, 6) is 0.323. The number of amides is 1. The lowest BCUT2D eigenvalue weighted by molar-refractivity contribution is 0.0588. The van der Waals surface area contributed by atoms with Crippen molar-refractivity contribution in [2.45, 2.75) is 18.9 Å². The minimum atomic E-state index is -0.0867. The Morgan fingerprint density at radius 3 is 2.66 bits per heavy atom. The van der Waals surface area contributed by atoms with E-state index in [4.69, 9.17) is 0 Å². The average Bonchev–Trinajstić information content (AvgIpc) is 2.84. The largest absolute Gasteiger partial charge is 0.336 e. The zero-order valence-corrected chi connectivity index (χ0v) is 17.5. The summed E-state index contributed by atoms with van der Waals surface area (Å²) in [6.07, 6.45) is 5.62. The standard InChI is InChI=1S/C26H22N4O2/c31-25-22(20-6-5-18-3-1-2-4-19(18)12-20)7-8-24-21-11-17(15-30(24)25)14-29(16-21)26(32)23-13-27-9-10-28-23/h1-10,12-13,17,21H,11,14-16H2. The van der Waals surface area contributed by atoms with Crippen LogP contribution in [0.2, 0.25) is 0 Å². The highest BCUT2D eigenvalue weighted by Gasteiger charge is 2.37. The molecule has 4 heterocycles. The van der Waals surface area contributed by atoms with Crippen molar-refractivity contribution in [1.82, 2.24) is 19.4 Å². The van der Waals surface area contributed by atoms with Gasteiger partial charge in [0.05, 0.1) is 6.20 Å². The summed E-state index contributed by atoms with van der Waals surface area (Å²) in [7, 11) is 0. The number of nitrogens with zero attached hydrogens (tertiary/aromatic N) is 4. The molecular formula is C26H22N4O2. The van der Waals surface area contributed by atoms with Crippen molar-refractivity contribution in [2.75, 3.05) is 13.1 Å². The fraction of sp³-hybridized carbons (Fsp3) is 0.231. The van der Waals surface area contributed by atoms with E-state index in [0.717, 1.165) is 34.0 Å². The molecule has 1 saturated heterocycles. The number of benzene rings is 2. The highest BCUT2D eigenvalue weighted by atomic mass is 16.2. The van der Waals surface area contributed by atoms with E-state index in [-0.39, 0.29) is 23.3 Å². The van der Waals surface area contributed by atoms with Gasteiger partial charge < -0.3 is 9.47 Å². The first-order valence-corrected chi connectivity index (χ1v) is 11.0. The molecule has 0 N–H and O–H groups in total. The SMILES string of the molecule is O=C(c1cnccn1)N1CC2CC(C1)c1ccc(-c3ccc4ccccc4c3)c(=O)n1C2. The summed E-state index contributed by atoms with van der Waals surface area (Å²) >= 11 is 0. The van der Waals surface area contributed by atoms with Crippen LogP contribution in [0.4, 0.5) is 0 Å². The van der Waals surface area contributed by atoms with E-state index in [2.05, 4.69) is 40.3 Å². The summed E-state index contributed by atoms with van der Waals surface area (Å²) in [6.45, 7) is 1.87. The molecule has 0 aliphatic carbocycles. The molecule has 2 aromatic carbocycles. The van der Waals surface area contributed by atoms with E-state index in [1.807, 2.05) is 33.7 Å². The van der Waals surface area contributed by atoms with Crippen LogP contribution in [0, 0.1) is 5.92 Å². The molecule has 6 nitrogen and oxygen atoms in total. The number of fused-ring (bicyclic) bond motifs is 5. The van der Waals surface area contributed by atoms with Gasteiger partial charge in [-0.1, -0.05) is 36.4 Å². The minimum Gasteiger partial charge on any atom is -0.336 e. The number of likely N-dealkylation sites (tertiary alicyclic amines) is 1. The number of pyridine rings is 1. The molecule has 1 amide bonds. The van der Waals surface area contributed by atoms with Crippen LogP contribution in [-0.2, 0) is 6.54 Å². The van der Waals surface area contributed by atoms with Gasteiger partial charge in [0.25, 0.3) is 11.5 Å². The van der Waals surface area contributed by atoms with Crippen LogP contribution in [0.25, 0.3) is 21.9 Å². The Morgan fingerprint density at radius 1 is 0.938 bits per heavy atom. The minimum absolute atomic E-state index is 0.0567. The smallest absolute Gasteiger partial charge is 0.274 e. The van der Waals surface area contributed by atoms with Gasteiger partial charge in [0.1, 0.15) is 5.69 Å². The van der Waals surface area contributed by atoms with Crippen molar-refractivity contribution in [2.24, 2.45) is 5.92 Å². The third kappa shape index (κ3) is 3.11. The maximum Gasteiger partial charge on any atom is 0.274 e. The van der Waals surface area contributed by atoms with Gasteiger partial charge in [-0.3, -0.25) is 14.6 Å². The number of hydrogen-bond donors (Lipinski definition) is 0. The highest BCUT2D eigenvalue weighted by molar-refractivity contribution is 5.92. The molecular weight excluding hydrogens is 400 g/mol. The van der Waals surface area contributed by atoms with Crippen LogP contribution in [0.15, 0.2) is 78.0 Å². The van der Waals surface area contributed by atoms with Gasteiger partial charge in [-0.05, 0) is 46.9 Å². The maximum atomic E-state index is 13.5. The van der Waals surface area contributed by atoms with Crippen molar-refractivity contribution >= 4 is 16.7 Å². The monoisotopic (exact) mass is 422 g/mol. The topological polar surface area (TPSA) is 68.1 Å². The van der Waals surface area contributed by atoms with Gasteiger partial charge in [0.2, 0.25) is 0 Å². The van der Waals surface area contributed by atoms with Gasteiger partial charge in [-0.25, -0.2) is 4.98 Å². The summed E-state index contributed by atoms with van der Waals surface area (Å²) in [5, 5.41) is 2.29. The molecule has 6 rings (SSSR count). The van der Waals surface area contributed by atoms with Gasteiger partial charge in [-0.15, -0.1) is 0 Å². The summed E-state index contributed by atoms with van der Waals surface area (Å²) in [5.41, 5.74) is 3.12. The third-order valence-electron chi connectivity index (χ3n) is 6.73. The Labute approximate surface area is 185 Å². The van der Waals surface area contributed by atoms with E-state index in [9.17, 15) is 9.59 Å². The number of carbonyl (C=O) groups is 1. The molecule has 4 aromatic rings. The van der Waals surface area contributed by atoms with E-state index in [0.29, 0.717) is 25.3 Å². The Kier molecular flexibility index (Phi) is 4.38. The second kappa shape index (κ2) is 7.41. The number of piperidine rings is 1. The fourth-order valence-corrected chi connectivity index (χ4v) is 5.26. The lowest BCUT2D eigenvalue weighted by atomic mass is 9.82. The van der Waals surface area contributed by atoms with Crippen molar-refractivity contribution < 1.29 is 4.79 Å². The molecule has 0 spiro atoms. The van der Waals surface area contributed by atoms with Crippen LogP contribution in [0.3, 0.4) is 0 Å². The molecule has 158 valence electrons. The zero-order valence-electron chi connectivity index (χ0n) is 17.5. The predicted molar refractivity (Wildman–Crippen MR) is 122 cm³/mol. The Hall–Kier alpha value is -3.80. The molecule has 2 unspecified atom stereocenters. The molecule has 6 heteroatoms. The van der Waals surface area contributed by atoms with Crippen molar-refractivity contribution in [3.8, 4) is 11.1 Å². The van der Waals surface area contributed by atoms with Crippen LogP contribution < -0.4 is 5.56 Å². The molecule has 2 aliphatic rings. The van der Waals surface area contributed by atoms with Crippen LogP contribution in [0.5, 0.6) is 0 Å². The van der Waals surface area contributed by atoms with Crippen LogP contribution in [0.1, 0.15) is 28.5 Å². The normalized spacial score (nSPS) is 19.6. The van der Waals surface area contributed by atoms with E-state index < -0.39 is 0 Å². The quantitative estimate of drug-likeness (QED) is 0.494. The molecule has 2 aliphatic heterocycles. The molecule has 2 bridgehead atoms. The number of aromatic nitrogens is 3. The lowest BCUT2D eigenvalue weighted by Crippen LogP contribution is -2.49. The van der Waals surface area contributed by atoms with Crippen molar-refractivity contribution in [3.05, 3.63) is 94.9 Å². The molecule has 0 saturated carbocycles. The summed E-state index contributed by atoms with van der Waals surface area (Å²) < 4.78 is 1.94. The summed E-state index contributed by atoms with van der Waals surface area (Å²) in [6, 6.07) is 18.4. The van der Waals surface area contributed by atoms with Gasteiger partial charge in [0.15, 0.2) is 0 Å². The van der Waals surface area contributed by atoms with Crippen molar-refractivity contribution in [1.29, 1.82) is 0 Å². The molecule has 2 aromatic heterocycles. The molecule has 0 radical (unpaired) electrons. The Balaban J connectivity index is 1.34. The second-order valence-electron chi connectivity index (χ2n) is 8.75. The van der Waals surface area contributed by atoms with E-state index >= 15 is 0 Å². The number of rotatable bonds is 2. The van der Waals surface area contributed by atoms with Crippen LogP contribution in [-0.4, -0.2) is 38.4 Å². The third-order valence-corrected chi connectivity index (χ3v) is 6.73. The Bertz CT molecular complexity index is 1400. The van der Waals surface area contributed by atoms with E-state index in [1.54, 1.807) is 12.4 Å². The molecule has 2 atom stereocenters. The maximum absolute atomic E-state index is 13.5. The van der Waals surface area contributed by atoms with Crippen LogP contribution >= 0.6 is 0 Å². The summed E-state index contributed by atoms with van der Waals surface area (Å²) in [4.78, 5) is 36.4. The second-order valence-corrected chi connectivity index (χ2v) is 8.75. The van der Waals surface area contributed by atoms with E-state index in [1.165, 1.54) is 6.20 Å². The Morgan fingerprint density at radius 2 is 1.81 bits per heavy atom. The first-order valence-electron chi connectivity index (χ1n) is 11.0. The lowest BCUT2D eigenvalue weighted by Gasteiger charge is -2.42.